The third kappa shape index (κ3) is 4.10. The summed E-state index contributed by atoms with van der Waals surface area (Å²) in [7, 11) is 0. The topological polar surface area (TPSA) is 77.1 Å². The van der Waals surface area contributed by atoms with Crippen molar-refractivity contribution in [2.45, 2.75) is 25.9 Å². The Morgan fingerprint density at radius 1 is 1.00 bits per heavy atom. The first-order valence-electron chi connectivity index (χ1n) is 10.9. The number of thioether (sulfide) groups is 1. The lowest BCUT2D eigenvalue weighted by Crippen LogP contribution is -2.22. The van der Waals surface area contributed by atoms with Gasteiger partial charge in [0.05, 0.1) is 11.4 Å². The van der Waals surface area contributed by atoms with Crippen molar-refractivity contribution in [3.8, 4) is 5.69 Å². The number of hydrogen-bond acceptors (Lipinski definition) is 5. The number of anilines is 1. The number of hydrogen-bond donors (Lipinski definition) is 1. The Labute approximate surface area is 200 Å². The van der Waals surface area contributed by atoms with Crippen LogP contribution in [0.25, 0.3) is 27.8 Å². The number of carbonyl (C=O) groups excluding carboxylic acids is 1. The summed E-state index contributed by atoms with van der Waals surface area (Å²) < 4.78 is 7.38. The van der Waals surface area contributed by atoms with Crippen LogP contribution in [0.5, 0.6) is 0 Å². The van der Waals surface area contributed by atoms with Crippen molar-refractivity contribution in [3.05, 3.63) is 93.8 Å². The molecule has 0 atom stereocenters. The van der Waals surface area contributed by atoms with Gasteiger partial charge in [-0.25, -0.2) is 4.98 Å². The summed E-state index contributed by atoms with van der Waals surface area (Å²) in [6.45, 7) is 5.93. The van der Waals surface area contributed by atoms with Gasteiger partial charge in [0.1, 0.15) is 11.1 Å². The van der Waals surface area contributed by atoms with Crippen LogP contribution in [-0.2, 0) is 4.79 Å². The zero-order valence-corrected chi connectivity index (χ0v) is 19.9. The van der Waals surface area contributed by atoms with E-state index in [4.69, 9.17) is 9.40 Å². The van der Waals surface area contributed by atoms with Crippen molar-refractivity contribution in [1.29, 1.82) is 0 Å². The molecule has 0 saturated carbocycles. The minimum absolute atomic E-state index is 0.104. The Kier molecular flexibility index (Phi) is 5.71. The Hall–Kier alpha value is -3.84. The summed E-state index contributed by atoms with van der Waals surface area (Å²) in [5.74, 6) is -0.0620. The van der Waals surface area contributed by atoms with Gasteiger partial charge in [-0.2, -0.15) is 0 Å². The van der Waals surface area contributed by atoms with Crippen molar-refractivity contribution in [3.63, 3.8) is 0 Å². The normalized spacial score (nSPS) is 11.3. The van der Waals surface area contributed by atoms with E-state index in [1.54, 1.807) is 0 Å². The molecule has 2 aromatic heterocycles. The number of para-hydroxylation sites is 1. The summed E-state index contributed by atoms with van der Waals surface area (Å²) in [6, 6.07) is 21.0. The molecule has 0 aliphatic rings. The van der Waals surface area contributed by atoms with Gasteiger partial charge in [0.15, 0.2) is 5.16 Å². The molecule has 34 heavy (non-hydrogen) atoms. The molecule has 0 radical (unpaired) electrons. The van der Waals surface area contributed by atoms with E-state index in [0.717, 1.165) is 27.8 Å². The molecule has 6 nitrogen and oxygen atoms in total. The maximum absolute atomic E-state index is 13.5. The molecule has 2 heterocycles. The number of nitrogens with zero attached hydrogens (tertiary/aromatic N) is 2. The van der Waals surface area contributed by atoms with Crippen LogP contribution in [0.4, 0.5) is 5.69 Å². The highest BCUT2D eigenvalue weighted by atomic mass is 32.2. The van der Waals surface area contributed by atoms with Gasteiger partial charge in [-0.3, -0.25) is 14.2 Å². The number of aromatic nitrogens is 2. The summed E-state index contributed by atoms with van der Waals surface area (Å²) in [4.78, 5) is 31.1. The molecule has 0 unspecified atom stereocenters. The van der Waals surface area contributed by atoms with Crippen molar-refractivity contribution >= 4 is 45.4 Å². The van der Waals surface area contributed by atoms with E-state index in [0.29, 0.717) is 21.9 Å². The highest BCUT2D eigenvalue weighted by Crippen LogP contribution is 2.29. The van der Waals surface area contributed by atoms with Gasteiger partial charge in [0, 0.05) is 11.1 Å². The molecular weight excluding hydrogens is 446 g/mol. The highest BCUT2D eigenvalue weighted by Gasteiger charge is 2.20. The summed E-state index contributed by atoms with van der Waals surface area (Å²) >= 11 is 1.22. The first-order valence-corrected chi connectivity index (χ1v) is 11.9. The Balaban J connectivity index is 1.55. The van der Waals surface area contributed by atoms with Gasteiger partial charge in [0.25, 0.3) is 0 Å². The Morgan fingerprint density at radius 2 is 1.74 bits per heavy atom. The zero-order valence-electron chi connectivity index (χ0n) is 19.1. The Morgan fingerprint density at radius 3 is 2.53 bits per heavy atom. The van der Waals surface area contributed by atoms with Crippen molar-refractivity contribution < 1.29 is 9.21 Å². The number of amides is 1. The summed E-state index contributed by atoms with van der Waals surface area (Å²) in [6.07, 6.45) is 0. The molecule has 170 valence electrons. The largest absolute Gasteiger partial charge is 0.448 e. The van der Waals surface area contributed by atoms with Gasteiger partial charge in [-0.15, -0.1) is 0 Å². The van der Waals surface area contributed by atoms with Gasteiger partial charge >= 0.3 is 5.56 Å². The van der Waals surface area contributed by atoms with E-state index in [2.05, 4.69) is 5.32 Å². The van der Waals surface area contributed by atoms with Gasteiger partial charge in [-0.1, -0.05) is 53.7 Å². The second-order valence-corrected chi connectivity index (χ2v) is 9.24. The van der Waals surface area contributed by atoms with Gasteiger partial charge < -0.3 is 9.73 Å². The molecule has 0 spiro atoms. The van der Waals surface area contributed by atoms with E-state index in [-0.39, 0.29) is 22.8 Å². The van der Waals surface area contributed by atoms with Crippen molar-refractivity contribution in [1.82, 2.24) is 9.55 Å². The number of aryl methyl sites for hydroxylation is 3. The Bertz CT molecular complexity index is 1600. The third-order valence-corrected chi connectivity index (χ3v) is 6.60. The quantitative estimate of drug-likeness (QED) is 0.260. The molecule has 7 heteroatoms. The molecule has 5 aromatic rings. The second-order valence-electron chi connectivity index (χ2n) is 8.30. The third-order valence-electron chi connectivity index (χ3n) is 5.66. The van der Waals surface area contributed by atoms with Crippen molar-refractivity contribution in [2.24, 2.45) is 0 Å². The summed E-state index contributed by atoms with van der Waals surface area (Å²) in [5, 5.41) is 4.18. The highest BCUT2D eigenvalue weighted by molar-refractivity contribution is 7.99. The maximum atomic E-state index is 13.5. The minimum Gasteiger partial charge on any atom is -0.448 e. The fraction of sp³-hybridized carbons (Fsp3) is 0.148. The first-order chi connectivity index (χ1) is 16.4. The number of furan rings is 1. The molecule has 1 N–H and O–H groups in total. The number of nitrogens with one attached hydrogen (secondary N) is 1. The monoisotopic (exact) mass is 469 g/mol. The van der Waals surface area contributed by atoms with E-state index < -0.39 is 0 Å². The molecule has 0 saturated heterocycles. The number of fused-ring (bicyclic) bond motifs is 3. The molecular formula is C27H23N3O3S. The second kappa shape index (κ2) is 8.83. The fourth-order valence-corrected chi connectivity index (χ4v) is 4.63. The van der Waals surface area contributed by atoms with E-state index in [1.807, 2.05) is 87.5 Å². The molecule has 0 bridgehead atoms. The smallest absolute Gasteiger partial charge is 0.302 e. The average Bonchev–Trinajstić information content (AvgIpc) is 3.20. The number of rotatable bonds is 5. The predicted molar refractivity (Wildman–Crippen MR) is 137 cm³/mol. The number of benzene rings is 3. The minimum atomic E-state index is -0.303. The van der Waals surface area contributed by atoms with E-state index in [9.17, 15) is 9.59 Å². The lowest BCUT2D eigenvalue weighted by Gasteiger charge is -2.13. The first kappa shape index (κ1) is 22.0. The van der Waals surface area contributed by atoms with Crippen molar-refractivity contribution in [2.75, 3.05) is 11.1 Å². The van der Waals surface area contributed by atoms with E-state index in [1.165, 1.54) is 16.3 Å². The van der Waals surface area contributed by atoms with E-state index >= 15 is 0 Å². The maximum Gasteiger partial charge on any atom is 0.302 e. The van der Waals surface area contributed by atoms with Crippen LogP contribution in [-0.4, -0.2) is 21.2 Å². The predicted octanol–water partition coefficient (Wildman–Crippen LogP) is 5.79. The average molecular weight is 470 g/mol. The SMILES string of the molecule is Cc1ccc(-n2c(SCC(=O)Nc3cc(C)ccc3C)nc3c(oc4ccccc43)c2=O)cc1. The molecule has 0 aliphatic heterocycles. The standard InChI is InChI=1S/C27H23N3O3S/c1-16-9-12-19(13-10-16)30-26(32)25-24(20-6-4-5-7-22(20)33-25)29-27(30)34-15-23(31)28-21-14-17(2)8-11-18(21)3/h4-14H,15H2,1-3H3,(H,28,31). The van der Waals surface area contributed by atoms with Crippen LogP contribution in [0.1, 0.15) is 16.7 Å². The summed E-state index contributed by atoms with van der Waals surface area (Å²) in [5.41, 5.74) is 5.60. The molecule has 3 aromatic carbocycles. The lowest BCUT2D eigenvalue weighted by molar-refractivity contribution is -0.113. The van der Waals surface area contributed by atoms with Gasteiger partial charge in [-0.05, 0) is 62.2 Å². The lowest BCUT2D eigenvalue weighted by atomic mass is 10.1. The van der Waals surface area contributed by atoms with Gasteiger partial charge in [0.2, 0.25) is 11.5 Å². The fourth-order valence-electron chi connectivity index (χ4n) is 3.83. The molecule has 0 fully saturated rings. The van der Waals surface area contributed by atoms with Crippen LogP contribution in [0.2, 0.25) is 0 Å². The van der Waals surface area contributed by atoms with Crippen LogP contribution >= 0.6 is 11.8 Å². The van der Waals surface area contributed by atoms with Crippen LogP contribution in [0.3, 0.4) is 0 Å². The van der Waals surface area contributed by atoms with Crippen LogP contribution in [0, 0.1) is 20.8 Å². The molecule has 5 rings (SSSR count). The van der Waals surface area contributed by atoms with Crippen LogP contribution < -0.4 is 10.9 Å². The molecule has 1 amide bonds. The number of carbonyl (C=O) groups is 1. The molecule has 0 aliphatic carbocycles. The zero-order chi connectivity index (χ0) is 23.8. The van der Waals surface area contributed by atoms with Crippen LogP contribution in [0.15, 0.2) is 81.1 Å².